The Bertz CT molecular complexity index is 564. The summed E-state index contributed by atoms with van der Waals surface area (Å²) in [4.78, 5) is 11.0. The molecule has 1 aromatic heterocycles. The lowest BCUT2D eigenvalue weighted by molar-refractivity contribution is 0.0995. The molecule has 0 aliphatic rings. The highest BCUT2D eigenvalue weighted by Gasteiger charge is 2.13. The number of hydrogen-bond donors (Lipinski definition) is 1. The Morgan fingerprint density at radius 3 is 2.88 bits per heavy atom. The molecule has 0 fully saturated rings. The molecule has 0 spiro atoms. The molecule has 17 heavy (non-hydrogen) atoms. The quantitative estimate of drug-likeness (QED) is 0.895. The summed E-state index contributed by atoms with van der Waals surface area (Å²) in [6.45, 7) is 2.26. The molecule has 0 unspecified atom stereocenters. The van der Waals surface area contributed by atoms with Gasteiger partial charge >= 0.3 is 0 Å². The first-order valence-corrected chi connectivity index (χ1v) is 5.40. The maximum atomic E-state index is 11.0. The molecule has 6 heteroatoms. The summed E-state index contributed by atoms with van der Waals surface area (Å²) >= 11 is 5.89. The first kappa shape index (κ1) is 11.6. The molecule has 2 aromatic rings. The summed E-state index contributed by atoms with van der Waals surface area (Å²) in [5.41, 5.74) is 7.01. The number of amides is 1. The van der Waals surface area contributed by atoms with Crippen molar-refractivity contribution >= 4 is 17.5 Å². The highest BCUT2D eigenvalue weighted by molar-refractivity contribution is 6.30. The number of rotatable bonds is 3. The number of carbonyl (C=O) groups is 1. The Hall–Kier alpha value is -1.88. The summed E-state index contributed by atoms with van der Waals surface area (Å²) in [7, 11) is 0. The zero-order valence-corrected chi connectivity index (χ0v) is 9.98. The van der Waals surface area contributed by atoms with Gasteiger partial charge in [-0.05, 0) is 24.6 Å². The fraction of sp³-hybridized carbons (Fsp3) is 0.182. The van der Waals surface area contributed by atoms with E-state index >= 15 is 0 Å². The van der Waals surface area contributed by atoms with E-state index in [1.807, 2.05) is 18.2 Å². The van der Waals surface area contributed by atoms with Gasteiger partial charge in [-0.1, -0.05) is 28.9 Å². The van der Waals surface area contributed by atoms with Crippen LogP contribution in [0.4, 0.5) is 0 Å². The van der Waals surface area contributed by atoms with Crippen LogP contribution in [0.1, 0.15) is 21.7 Å². The molecule has 88 valence electrons. The molecule has 1 heterocycles. The van der Waals surface area contributed by atoms with Gasteiger partial charge in [-0.15, -0.1) is 5.10 Å². The van der Waals surface area contributed by atoms with Gasteiger partial charge in [0.25, 0.3) is 5.91 Å². The van der Waals surface area contributed by atoms with E-state index in [0.29, 0.717) is 17.3 Å². The van der Waals surface area contributed by atoms with Gasteiger partial charge < -0.3 is 5.73 Å². The summed E-state index contributed by atoms with van der Waals surface area (Å²) in [5, 5.41) is 8.29. The van der Waals surface area contributed by atoms with E-state index in [1.165, 1.54) is 0 Å². The van der Waals surface area contributed by atoms with Crippen LogP contribution in [0.2, 0.25) is 5.02 Å². The van der Waals surface area contributed by atoms with Gasteiger partial charge in [0.15, 0.2) is 5.69 Å². The third-order valence-electron chi connectivity index (χ3n) is 2.44. The van der Waals surface area contributed by atoms with Crippen LogP contribution in [-0.4, -0.2) is 20.9 Å². The summed E-state index contributed by atoms with van der Waals surface area (Å²) < 4.78 is 1.62. The minimum atomic E-state index is -0.570. The molecule has 0 radical (unpaired) electrons. The van der Waals surface area contributed by atoms with Crippen LogP contribution in [0.5, 0.6) is 0 Å². The topological polar surface area (TPSA) is 73.8 Å². The molecule has 1 aromatic carbocycles. The molecular weight excluding hydrogens is 240 g/mol. The average Bonchev–Trinajstić information content (AvgIpc) is 2.61. The van der Waals surface area contributed by atoms with Crippen molar-refractivity contribution in [3.8, 4) is 0 Å². The first-order valence-electron chi connectivity index (χ1n) is 5.02. The Morgan fingerprint density at radius 2 is 2.29 bits per heavy atom. The molecule has 1 amide bonds. The number of carbonyl (C=O) groups excluding carboxylic acids is 1. The molecule has 0 aliphatic heterocycles. The van der Waals surface area contributed by atoms with Gasteiger partial charge in [0.05, 0.1) is 12.2 Å². The van der Waals surface area contributed by atoms with Gasteiger partial charge in [-0.2, -0.15) is 0 Å². The highest BCUT2D eigenvalue weighted by atomic mass is 35.5. The van der Waals surface area contributed by atoms with Crippen LogP contribution in [0.15, 0.2) is 24.3 Å². The summed E-state index contributed by atoms with van der Waals surface area (Å²) in [6, 6.07) is 7.43. The fourth-order valence-electron chi connectivity index (χ4n) is 1.55. The molecule has 5 nitrogen and oxygen atoms in total. The molecule has 0 atom stereocenters. The fourth-order valence-corrected chi connectivity index (χ4v) is 1.76. The number of nitrogens with zero attached hydrogens (tertiary/aromatic N) is 3. The van der Waals surface area contributed by atoms with E-state index in [-0.39, 0.29) is 5.69 Å². The van der Waals surface area contributed by atoms with E-state index in [9.17, 15) is 4.79 Å². The lowest BCUT2D eigenvalue weighted by Gasteiger charge is -2.03. The second kappa shape index (κ2) is 4.55. The van der Waals surface area contributed by atoms with Crippen molar-refractivity contribution in [3.63, 3.8) is 0 Å². The number of nitrogens with two attached hydrogens (primary N) is 1. The van der Waals surface area contributed by atoms with Crippen LogP contribution in [0.3, 0.4) is 0 Å². The minimum Gasteiger partial charge on any atom is -0.364 e. The van der Waals surface area contributed by atoms with Crippen LogP contribution in [-0.2, 0) is 6.54 Å². The Morgan fingerprint density at radius 1 is 1.53 bits per heavy atom. The number of hydrogen-bond acceptors (Lipinski definition) is 3. The largest absolute Gasteiger partial charge is 0.364 e. The van der Waals surface area contributed by atoms with Crippen molar-refractivity contribution in [2.24, 2.45) is 5.73 Å². The molecule has 0 aliphatic carbocycles. The van der Waals surface area contributed by atoms with Gasteiger partial charge in [-0.25, -0.2) is 4.68 Å². The monoisotopic (exact) mass is 250 g/mol. The smallest absolute Gasteiger partial charge is 0.271 e. The van der Waals surface area contributed by atoms with Crippen molar-refractivity contribution in [2.45, 2.75) is 13.5 Å². The molecule has 0 saturated heterocycles. The summed E-state index contributed by atoms with van der Waals surface area (Å²) in [5.74, 6) is -0.570. The second-order valence-electron chi connectivity index (χ2n) is 3.68. The number of aromatic nitrogens is 3. The molecule has 0 saturated carbocycles. The van der Waals surface area contributed by atoms with E-state index in [2.05, 4.69) is 10.3 Å². The van der Waals surface area contributed by atoms with Crippen molar-refractivity contribution in [2.75, 3.05) is 0 Å². The van der Waals surface area contributed by atoms with E-state index in [4.69, 9.17) is 17.3 Å². The highest BCUT2D eigenvalue weighted by Crippen LogP contribution is 2.13. The number of primary amides is 1. The van der Waals surface area contributed by atoms with Crippen molar-refractivity contribution in [3.05, 3.63) is 46.2 Å². The Labute approximate surface area is 103 Å². The summed E-state index contributed by atoms with van der Waals surface area (Å²) in [6.07, 6.45) is 0. The normalized spacial score (nSPS) is 10.5. The van der Waals surface area contributed by atoms with Crippen LogP contribution in [0.25, 0.3) is 0 Å². The molecule has 2 rings (SSSR count). The Kier molecular flexibility index (Phi) is 3.10. The molecule has 2 N–H and O–H groups in total. The van der Waals surface area contributed by atoms with Crippen molar-refractivity contribution in [1.29, 1.82) is 0 Å². The van der Waals surface area contributed by atoms with Gasteiger partial charge in [0, 0.05) is 5.02 Å². The predicted molar refractivity (Wildman–Crippen MR) is 63.8 cm³/mol. The molecular formula is C11H11ClN4O. The van der Waals surface area contributed by atoms with E-state index in [0.717, 1.165) is 5.56 Å². The van der Waals surface area contributed by atoms with Gasteiger partial charge in [-0.3, -0.25) is 4.79 Å². The zero-order chi connectivity index (χ0) is 12.4. The lowest BCUT2D eigenvalue weighted by Crippen LogP contribution is -2.13. The predicted octanol–water partition coefficient (Wildman–Crippen LogP) is 1.39. The maximum absolute atomic E-state index is 11.0. The lowest BCUT2D eigenvalue weighted by atomic mass is 10.2. The molecule has 0 bridgehead atoms. The number of halogens is 1. The van der Waals surface area contributed by atoms with Crippen molar-refractivity contribution < 1.29 is 4.79 Å². The standard InChI is InChI=1S/C11H11ClN4O/c1-7-10(11(13)17)14-15-16(7)6-8-3-2-4-9(12)5-8/h2-5H,6H2,1H3,(H2,13,17). The van der Waals surface area contributed by atoms with E-state index < -0.39 is 5.91 Å². The first-order chi connectivity index (χ1) is 8.08. The number of benzene rings is 1. The van der Waals surface area contributed by atoms with Crippen LogP contribution >= 0.6 is 11.6 Å². The van der Waals surface area contributed by atoms with Gasteiger partial charge in [0.1, 0.15) is 0 Å². The second-order valence-corrected chi connectivity index (χ2v) is 4.11. The van der Waals surface area contributed by atoms with Crippen LogP contribution < -0.4 is 5.73 Å². The van der Waals surface area contributed by atoms with E-state index in [1.54, 1.807) is 17.7 Å². The Balaban J connectivity index is 2.28. The maximum Gasteiger partial charge on any atom is 0.271 e. The zero-order valence-electron chi connectivity index (χ0n) is 9.22. The van der Waals surface area contributed by atoms with Gasteiger partial charge in [0.2, 0.25) is 0 Å². The van der Waals surface area contributed by atoms with Crippen molar-refractivity contribution in [1.82, 2.24) is 15.0 Å². The average molecular weight is 251 g/mol. The van der Waals surface area contributed by atoms with Crippen LogP contribution in [0, 0.1) is 6.92 Å². The minimum absolute atomic E-state index is 0.201. The SMILES string of the molecule is Cc1c(C(N)=O)nnn1Cc1cccc(Cl)c1. The third kappa shape index (κ3) is 2.45. The third-order valence-corrected chi connectivity index (χ3v) is 2.67.